The lowest BCUT2D eigenvalue weighted by atomic mass is 10.00. The summed E-state index contributed by atoms with van der Waals surface area (Å²) in [7, 11) is 0. The van der Waals surface area contributed by atoms with Crippen LogP contribution in [0, 0.1) is 5.92 Å². The lowest BCUT2D eigenvalue weighted by Crippen LogP contribution is -2.42. The first kappa shape index (κ1) is 21.7. The zero-order chi connectivity index (χ0) is 19.6. The molecule has 0 fully saturated rings. The molecule has 2 amide bonds. The molecular weight excluding hydrogens is 332 g/mol. The van der Waals surface area contributed by atoms with Crippen LogP contribution in [0.4, 0.5) is 4.79 Å². The molecule has 0 aliphatic carbocycles. The maximum Gasteiger partial charge on any atom is 0.407 e. The van der Waals surface area contributed by atoms with Gasteiger partial charge in [0.25, 0.3) is 0 Å². The van der Waals surface area contributed by atoms with Crippen molar-refractivity contribution in [1.82, 2.24) is 10.6 Å². The summed E-state index contributed by atoms with van der Waals surface area (Å²) >= 11 is 0. The third kappa shape index (κ3) is 8.65. The number of benzene rings is 1. The van der Waals surface area contributed by atoms with Crippen LogP contribution in [-0.2, 0) is 20.7 Å². The van der Waals surface area contributed by atoms with Crippen molar-refractivity contribution < 1.29 is 19.1 Å². The van der Waals surface area contributed by atoms with Crippen molar-refractivity contribution in [2.75, 3.05) is 6.54 Å². The van der Waals surface area contributed by atoms with E-state index in [1.165, 1.54) is 0 Å². The van der Waals surface area contributed by atoms with E-state index >= 15 is 0 Å². The van der Waals surface area contributed by atoms with Crippen LogP contribution in [0.5, 0.6) is 0 Å². The molecule has 6 heteroatoms. The van der Waals surface area contributed by atoms with Gasteiger partial charge in [-0.15, -0.1) is 0 Å². The normalized spacial score (nSPS) is 13.4. The number of hydrogen-bond donors (Lipinski definition) is 2. The molecule has 0 aromatic heterocycles. The average Bonchev–Trinajstić information content (AvgIpc) is 2.57. The highest BCUT2D eigenvalue weighted by atomic mass is 16.6. The van der Waals surface area contributed by atoms with E-state index in [2.05, 4.69) is 10.6 Å². The smallest absolute Gasteiger partial charge is 0.407 e. The van der Waals surface area contributed by atoms with Crippen LogP contribution in [0.25, 0.3) is 0 Å². The highest BCUT2D eigenvalue weighted by Crippen LogP contribution is 2.10. The molecule has 1 aromatic rings. The van der Waals surface area contributed by atoms with E-state index in [-0.39, 0.29) is 11.8 Å². The minimum Gasteiger partial charge on any atom is -0.444 e. The number of nitrogens with one attached hydrogen (secondary N) is 2. The van der Waals surface area contributed by atoms with Crippen molar-refractivity contribution in [2.45, 2.75) is 58.6 Å². The Bertz CT molecular complexity index is 581. The summed E-state index contributed by atoms with van der Waals surface area (Å²) in [5, 5.41) is 5.45. The van der Waals surface area contributed by atoms with Gasteiger partial charge < -0.3 is 20.2 Å². The van der Waals surface area contributed by atoms with Crippen LogP contribution in [0.15, 0.2) is 30.3 Å². The van der Waals surface area contributed by atoms with E-state index in [4.69, 9.17) is 4.74 Å². The third-order valence-electron chi connectivity index (χ3n) is 3.81. The number of hydrogen-bond acceptors (Lipinski definition) is 4. The molecule has 0 unspecified atom stereocenters. The van der Waals surface area contributed by atoms with Crippen molar-refractivity contribution in [3.05, 3.63) is 35.9 Å². The van der Waals surface area contributed by atoms with Crippen molar-refractivity contribution in [3.63, 3.8) is 0 Å². The van der Waals surface area contributed by atoms with Gasteiger partial charge in [0.15, 0.2) is 0 Å². The first-order valence-electron chi connectivity index (χ1n) is 9.01. The maximum absolute atomic E-state index is 12.4. The molecule has 2 atom stereocenters. The largest absolute Gasteiger partial charge is 0.444 e. The van der Waals surface area contributed by atoms with E-state index < -0.39 is 17.7 Å². The fourth-order valence-corrected chi connectivity index (χ4v) is 2.49. The Kier molecular flexibility index (Phi) is 8.82. The number of ether oxygens (including phenoxy) is 1. The predicted molar refractivity (Wildman–Crippen MR) is 101 cm³/mol. The second-order valence-corrected chi connectivity index (χ2v) is 7.26. The van der Waals surface area contributed by atoms with Crippen molar-refractivity contribution in [3.8, 4) is 0 Å². The van der Waals surface area contributed by atoms with E-state index in [1.807, 2.05) is 37.3 Å². The van der Waals surface area contributed by atoms with Crippen molar-refractivity contribution in [2.24, 2.45) is 5.92 Å². The molecule has 0 spiro atoms. The summed E-state index contributed by atoms with van der Waals surface area (Å²) in [4.78, 5) is 35.4. The number of aldehydes is 1. The van der Waals surface area contributed by atoms with Gasteiger partial charge in [-0.25, -0.2) is 4.79 Å². The molecule has 0 saturated carbocycles. The Morgan fingerprint density at radius 3 is 2.38 bits per heavy atom. The summed E-state index contributed by atoms with van der Waals surface area (Å²) in [6, 6.07) is 8.99. The number of amides is 2. The zero-order valence-electron chi connectivity index (χ0n) is 16.1. The van der Waals surface area contributed by atoms with E-state index in [0.717, 1.165) is 11.8 Å². The minimum atomic E-state index is -0.558. The van der Waals surface area contributed by atoms with Gasteiger partial charge in [-0.05, 0) is 45.6 Å². The SMILES string of the molecule is CC[C@H](CCNC(=O)OC(C)(C)C)C(=O)N[C@H](C=O)Cc1ccccc1. The summed E-state index contributed by atoms with van der Waals surface area (Å²) in [6.45, 7) is 7.62. The topological polar surface area (TPSA) is 84.5 Å². The third-order valence-corrected chi connectivity index (χ3v) is 3.81. The predicted octanol–water partition coefficient (Wildman–Crippen LogP) is 2.85. The molecule has 0 bridgehead atoms. The molecule has 0 aliphatic rings. The second-order valence-electron chi connectivity index (χ2n) is 7.26. The molecule has 144 valence electrons. The van der Waals surface area contributed by atoms with Gasteiger partial charge in [0.2, 0.25) is 5.91 Å². The highest BCUT2D eigenvalue weighted by molar-refractivity contribution is 5.82. The molecule has 0 heterocycles. The molecule has 1 rings (SSSR count). The van der Waals surface area contributed by atoms with Crippen LogP contribution < -0.4 is 10.6 Å². The Hall–Kier alpha value is -2.37. The molecular formula is C20H30N2O4. The number of alkyl carbamates (subject to hydrolysis) is 1. The van der Waals surface area contributed by atoms with E-state index in [9.17, 15) is 14.4 Å². The van der Waals surface area contributed by atoms with Gasteiger partial charge >= 0.3 is 6.09 Å². The Labute approximate surface area is 155 Å². The summed E-state index contributed by atoms with van der Waals surface area (Å²) in [6.07, 6.45) is 1.83. The second kappa shape index (κ2) is 10.6. The van der Waals surface area contributed by atoms with Crippen LogP contribution in [0.3, 0.4) is 0 Å². The molecule has 0 radical (unpaired) electrons. The highest BCUT2D eigenvalue weighted by Gasteiger charge is 2.21. The fourth-order valence-electron chi connectivity index (χ4n) is 2.49. The van der Waals surface area contributed by atoms with E-state index in [1.54, 1.807) is 20.8 Å². The molecule has 0 aliphatic heterocycles. The van der Waals surface area contributed by atoms with E-state index in [0.29, 0.717) is 25.8 Å². The Morgan fingerprint density at radius 2 is 1.85 bits per heavy atom. The van der Waals surface area contributed by atoms with Gasteiger partial charge in [-0.1, -0.05) is 37.3 Å². The van der Waals surface area contributed by atoms with Crippen LogP contribution in [0.2, 0.25) is 0 Å². The van der Waals surface area contributed by atoms with Crippen LogP contribution in [-0.4, -0.2) is 36.5 Å². The van der Waals surface area contributed by atoms with Crippen molar-refractivity contribution >= 4 is 18.3 Å². The van der Waals surface area contributed by atoms with Crippen LogP contribution >= 0.6 is 0 Å². The van der Waals surface area contributed by atoms with Crippen LogP contribution in [0.1, 0.15) is 46.1 Å². The summed E-state index contributed by atoms with van der Waals surface area (Å²) in [5.41, 5.74) is 0.435. The standard InChI is InChI=1S/C20H30N2O4/c1-5-16(11-12-21-19(25)26-20(2,3)4)18(24)22-17(14-23)13-15-9-7-6-8-10-15/h6-10,14,16-17H,5,11-13H2,1-4H3,(H,21,25)(H,22,24)/t16-,17+/m1/s1. The zero-order valence-corrected chi connectivity index (χ0v) is 16.1. The minimum absolute atomic E-state index is 0.175. The first-order chi connectivity index (χ1) is 12.2. The first-order valence-corrected chi connectivity index (χ1v) is 9.01. The number of carbonyl (C=O) groups is 3. The molecule has 26 heavy (non-hydrogen) atoms. The Morgan fingerprint density at radius 1 is 1.19 bits per heavy atom. The van der Waals surface area contributed by atoms with Gasteiger partial charge in [-0.3, -0.25) is 4.79 Å². The monoisotopic (exact) mass is 362 g/mol. The average molecular weight is 362 g/mol. The summed E-state index contributed by atoms with van der Waals surface area (Å²) < 4.78 is 5.17. The Balaban J connectivity index is 2.46. The quantitative estimate of drug-likeness (QED) is 0.662. The van der Waals surface area contributed by atoms with Gasteiger partial charge in [-0.2, -0.15) is 0 Å². The lowest BCUT2D eigenvalue weighted by molar-refractivity contribution is -0.127. The molecule has 2 N–H and O–H groups in total. The summed E-state index contributed by atoms with van der Waals surface area (Å²) in [5.74, 6) is -0.449. The maximum atomic E-state index is 12.4. The fraction of sp³-hybridized carbons (Fsp3) is 0.550. The van der Waals surface area contributed by atoms with Gasteiger partial charge in [0, 0.05) is 12.5 Å². The molecule has 0 saturated heterocycles. The van der Waals surface area contributed by atoms with Gasteiger partial charge in [0.05, 0.1) is 6.04 Å². The molecule has 6 nitrogen and oxygen atoms in total. The molecule has 1 aromatic carbocycles. The van der Waals surface area contributed by atoms with Crippen molar-refractivity contribution in [1.29, 1.82) is 0 Å². The lowest BCUT2D eigenvalue weighted by Gasteiger charge is -2.21. The number of rotatable bonds is 9. The van der Waals surface area contributed by atoms with Gasteiger partial charge in [0.1, 0.15) is 11.9 Å². The number of carbonyl (C=O) groups excluding carboxylic acids is 3.